The molecule has 0 aliphatic carbocycles. The number of rotatable bonds is 7. The van der Waals surface area contributed by atoms with Crippen molar-refractivity contribution in [2.75, 3.05) is 19.7 Å². The van der Waals surface area contributed by atoms with Crippen LogP contribution in [0.3, 0.4) is 0 Å². The Morgan fingerprint density at radius 3 is 2.32 bits per heavy atom. The van der Waals surface area contributed by atoms with E-state index in [0.717, 1.165) is 82.6 Å². The summed E-state index contributed by atoms with van der Waals surface area (Å²) >= 11 is 0. The lowest BCUT2D eigenvalue weighted by Crippen LogP contribution is -2.36. The summed E-state index contributed by atoms with van der Waals surface area (Å²) in [5.41, 5.74) is 9.67. The molecule has 1 aliphatic heterocycles. The number of likely N-dealkylation sites (tertiary alicyclic amines) is 1. The molecule has 1 aliphatic rings. The quantitative estimate of drug-likeness (QED) is 0.187. The number of nitrogens with zero attached hydrogens (tertiary/aromatic N) is 4. The van der Waals surface area contributed by atoms with E-state index >= 15 is 0 Å². The number of ether oxygens (including phenoxy) is 1. The van der Waals surface area contributed by atoms with Gasteiger partial charge in [-0.15, -0.1) is 0 Å². The normalized spacial score (nSPS) is 14.3. The van der Waals surface area contributed by atoms with E-state index in [1.807, 2.05) is 84.3 Å². The molecule has 234 valence electrons. The summed E-state index contributed by atoms with van der Waals surface area (Å²) < 4.78 is 9.63. The number of esters is 1. The number of carbonyl (C=O) groups is 1. The first-order chi connectivity index (χ1) is 23.1. The molecule has 1 fully saturated rings. The third kappa shape index (κ3) is 5.20. The number of aromatic amines is 1. The van der Waals surface area contributed by atoms with Crippen molar-refractivity contribution in [3.05, 3.63) is 131 Å². The minimum absolute atomic E-state index is 0.0263. The van der Waals surface area contributed by atoms with E-state index in [1.165, 1.54) is 5.56 Å². The largest absolute Gasteiger partial charge is 0.462 e. The van der Waals surface area contributed by atoms with Crippen molar-refractivity contribution < 1.29 is 9.53 Å². The van der Waals surface area contributed by atoms with Crippen LogP contribution in [-0.2, 0) is 11.3 Å². The molecule has 47 heavy (non-hydrogen) atoms. The maximum Gasteiger partial charge on any atom is 0.340 e. The van der Waals surface area contributed by atoms with E-state index in [2.05, 4.69) is 50.7 Å². The number of para-hydroxylation sites is 4. The minimum Gasteiger partial charge on any atom is -0.462 e. The smallest absolute Gasteiger partial charge is 0.340 e. The lowest BCUT2D eigenvalue weighted by molar-refractivity contribution is 0.0529. The zero-order valence-corrected chi connectivity index (χ0v) is 26.2. The second kappa shape index (κ2) is 12.0. The lowest BCUT2D eigenvalue weighted by Gasteiger charge is -2.32. The van der Waals surface area contributed by atoms with Crippen molar-refractivity contribution in [3.8, 4) is 22.5 Å². The van der Waals surface area contributed by atoms with Crippen LogP contribution in [0.2, 0.25) is 0 Å². The Morgan fingerprint density at radius 2 is 1.55 bits per heavy atom. The summed E-state index contributed by atoms with van der Waals surface area (Å²) in [6.45, 7) is 4.78. The van der Waals surface area contributed by atoms with E-state index in [1.54, 1.807) is 0 Å². The molecular weight excluding hydrogens is 586 g/mol. The van der Waals surface area contributed by atoms with Crippen LogP contribution in [-0.4, -0.2) is 49.5 Å². The van der Waals surface area contributed by atoms with Gasteiger partial charge in [-0.1, -0.05) is 78.9 Å². The molecule has 8 heteroatoms. The zero-order valence-electron chi connectivity index (χ0n) is 26.2. The molecule has 7 aromatic rings. The van der Waals surface area contributed by atoms with Crippen molar-refractivity contribution in [1.29, 1.82) is 0 Å². The van der Waals surface area contributed by atoms with Gasteiger partial charge in [0.15, 0.2) is 0 Å². The van der Waals surface area contributed by atoms with Crippen LogP contribution >= 0.6 is 0 Å². The Labute approximate surface area is 271 Å². The van der Waals surface area contributed by atoms with E-state index < -0.39 is 0 Å². The number of imidazole rings is 1. The first-order valence-corrected chi connectivity index (χ1v) is 16.3. The Morgan fingerprint density at radius 1 is 0.851 bits per heavy atom. The van der Waals surface area contributed by atoms with Crippen molar-refractivity contribution >= 4 is 33.6 Å². The lowest BCUT2D eigenvalue weighted by atomic mass is 10.0. The highest BCUT2D eigenvalue weighted by atomic mass is 16.5. The summed E-state index contributed by atoms with van der Waals surface area (Å²) in [5.74, 6) is -0.361. The van der Waals surface area contributed by atoms with Crippen LogP contribution in [0.1, 0.15) is 41.7 Å². The third-order valence-corrected chi connectivity index (χ3v) is 9.32. The first kappa shape index (κ1) is 29.0. The molecule has 1 saturated heterocycles. The predicted molar refractivity (Wildman–Crippen MR) is 186 cm³/mol. The van der Waals surface area contributed by atoms with Crippen LogP contribution in [0, 0.1) is 0 Å². The van der Waals surface area contributed by atoms with Crippen molar-refractivity contribution in [3.63, 3.8) is 0 Å². The molecule has 4 heterocycles. The average molecular weight is 622 g/mol. The number of H-pyrrole nitrogens is 1. The Hall–Kier alpha value is -5.47. The molecule has 0 atom stereocenters. The van der Waals surface area contributed by atoms with Gasteiger partial charge in [0.1, 0.15) is 0 Å². The van der Waals surface area contributed by atoms with Gasteiger partial charge < -0.3 is 14.1 Å². The zero-order chi connectivity index (χ0) is 31.9. The third-order valence-electron chi connectivity index (χ3n) is 9.32. The maximum atomic E-state index is 13.4. The number of nitrogens with one attached hydrogen (secondary N) is 1. The number of hydrogen-bond donors (Lipinski definition) is 1. The highest BCUT2D eigenvalue weighted by molar-refractivity contribution is 6.06. The highest BCUT2D eigenvalue weighted by Crippen LogP contribution is 2.36. The average Bonchev–Trinajstić information content (AvgIpc) is 3.68. The monoisotopic (exact) mass is 621 g/mol. The number of hydrogen-bond acceptors (Lipinski definition) is 5. The van der Waals surface area contributed by atoms with E-state index in [-0.39, 0.29) is 24.3 Å². The molecular formula is C39H35N5O3. The Bertz CT molecular complexity index is 2290. The van der Waals surface area contributed by atoms with Crippen molar-refractivity contribution in [1.82, 2.24) is 23.8 Å². The maximum absolute atomic E-state index is 13.4. The summed E-state index contributed by atoms with van der Waals surface area (Å²) in [4.78, 5) is 36.7. The van der Waals surface area contributed by atoms with Gasteiger partial charge in [-0.25, -0.2) is 14.6 Å². The molecule has 0 spiro atoms. The standard InChI is InChI=1S/C39H35N5O3/c1-2-47-38(45)30-24-35(27-10-4-3-5-11-27)44-34-15-9-6-12-31(34)40-36(37(30)44)28-18-16-26(17-19-28)25-42-22-20-29(21-23-42)43-33-14-8-7-13-32(33)41-39(43)46/h3-19,24,29H,2,20-23,25H2,1H3,(H,41,46). The molecule has 4 aromatic carbocycles. The van der Waals surface area contributed by atoms with Crippen LogP contribution in [0.5, 0.6) is 0 Å². The first-order valence-electron chi connectivity index (χ1n) is 16.3. The molecule has 0 bridgehead atoms. The number of fused-ring (bicyclic) bond motifs is 4. The fraction of sp³-hybridized carbons (Fsp3) is 0.205. The fourth-order valence-corrected chi connectivity index (χ4v) is 7.10. The van der Waals surface area contributed by atoms with Crippen LogP contribution in [0.25, 0.3) is 50.1 Å². The van der Waals surface area contributed by atoms with Crippen LogP contribution < -0.4 is 5.69 Å². The topological polar surface area (TPSA) is 84.6 Å². The molecule has 0 saturated carbocycles. The summed E-state index contributed by atoms with van der Waals surface area (Å²) in [5, 5.41) is 0. The molecule has 8 rings (SSSR count). The van der Waals surface area contributed by atoms with E-state index in [9.17, 15) is 9.59 Å². The second-order valence-electron chi connectivity index (χ2n) is 12.2. The number of piperidine rings is 1. The van der Waals surface area contributed by atoms with Crippen molar-refractivity contribution in [2.24, 2.45) is 0 Å². The highest BCUT2D eigenvalue weighted by Gasteiger charge is 2.25. The van der Waals surface area contributed by atoms with Gasteiger partial charge in [0, 0.05) is 31.2 Å². The summed E-state index contributed by atoms with van der Waals surface area (Å²) in [6, 6.07) is 36.7. The molecule has 0 radical (unpaired) electrons. The number of benzene rings is 4. The molecule has 1 N–H and O–H groups in total. The second-order valence-corrected chi connectivity index (χ2v) is 12.2. The van der Waals surface area contributed by atoms with Gasteiger partial charge in [0.2, 0.25) is 0 Å². The van der Waals surface area contributed by atoms with E-state index in [0.29, 0.717) is 5.56 Å². The van der Waals surface area contributed by atoms with Gasteiger partial charge in [0.25, 0.3) is 0 Å². The summed E-state index contributed by atoms with van der Waals surface area (Å²) in [7, 11) is 0. The fourth-order valence-electron chi connectivity index (χ4n) is 7.10. The van der Waals surface area contributed by atoms with E-state index in [4.69, 9.17) is 9.72 Å². The van der Waals surface area contributed by atoms with Crippen LogP contribution in [0.4, 0.5) is 0 Å². The van der Waals surface area contributed by atoms with Gasteiger partial charge in [-0.2, -0.15) is 0 Å². The van der Waals surface area contributed by atoms with Crippen molar-refractivity contribution in [2.45, 2.75) is 32.4 Å². The van der Waals surface area contributed by atoms with Crippen LogP contribution in [0.15, 0.2) is 114 Å². The molecule has 8 nitrogen and oxygen atoms in total. The summed E-state index contributed by atoms with van der Waals surface area (Å²) in [6.07, 6.45) is 1.85. The number of carbonyl (C=O) groups excluding carboxylic acids is 1. The molecule has 3 aromatic heterocycles. The van der Waals surface area contributed by atoms with Gasteiger partial charge in [0.05, 0.1) is 51.1 Å². The minimum atomic E-state index is -0.361. The molecule has 0 amide bonds. The Kier molecular flexibility index (Phi) is 7.42. The Balaban J connectivity index is 1.11. The number of aromatic nitrogens is 4. The van der Waals surface area contributed by atoms with Gasteiger partial charge in [-0.3, -0.25) is 9.47 Å². The van der Waals surface area contributed by atoms with Gasteiger partial charge >= 0.3 is 11.7 Å². The molecule has 0 unspecified atom stereocenters. The SMILES string of the molecule is CCOC(=O)c1cc(-c2ccccc2)n2c1c(-c1ccc(CN3CCC(n4c(=O)[nH]c5ccccc54)CC3)cc1)nc1ccccc12. The van der Waals surface area contributed by atoms with Gasteiger partial charge in [-0.05, 0) is 61.2 Å². The predicted octanol–water partition coefficient (Wildman–Crippen LogP) is 7.48.